The summed E-state index contributed by atoms with van der Waals surface area (Å²) >= 11 is 1.48. The first-order valence-corrected chi connectivity index (χ1v) is 13.5. The number of anilines is 1. The van der Waals surface area contributed by atoms with Crippen LogP contribution in [0, 0.1) is 5.92 Å². The first kappa shape index (κ1) is 25.2. The second-order valence-electron chi connectivity index (χ2n) is 9.57. The third-order valence-electron chi connectivity index (χ3n) is 5.34. The highest BCUT2D eigenvalue weighted by Crippen LogP contribution is 2.45. The lowest BCUT2D eigenvalue weighted by molar-refractivity contribution is -0.115. The summed E-state index contributed by atoms with van der Waals surface area (Å²) in [6, 6.07) is 8.25. The van der Waals surface area contributed by atoms with Crippen molar-refractivity contribution in [2.45, 2.75) is 71.0 Å². The van der Waals surface area contributed by atoms with Crippen molar-refractivity contribution in [1.29, 1.82) is 0 Å². The van der Waals surface area contributed by atoms with Crippen molar-refractivity contribution >= 4 is 38.2 Å². The van der Waals surface area contributed by atoms with Crippen LogP contribution in [-0.2, 0) is 32.3 Å². The molecule has 0 saturated heterocycles. The summed E-state index contributed by atoms with van der Waals surface area (Å²) in [5.41, 5.74) is 1.20. The Morgan fingerprint density at radius 3 is 2.39 bits per heavy atom. The van der Waals surface area contributed by atoms with Gasteiger partial charge in [0.25, 0.3) is 0 Å². The fourth-order valence-corrected chi connectivity index (χ4v) is 6.07. The van der Waals surface area contributed by atoms with Crippen LogP contribution in [0.4, 0.5) is 9.80 Å². The summed E-state index contributed by atoms with van der Waals surface area (Å²) in [7, 11) is -3.26. The molecule has 33 heavy (non-hydrogen) atoms. The lowest BCUT2D eigenvalue weighted by Crippen LogP contribution is -2.37. The third-order valence-corrected chi connectivity index (χ3v) is 8.25. The smallest absolute Gasteiger partial charge is 0.411 e. The van der Waals surface area contributed by atoms with Crippen LogP contribution in [0.25, 0.3) is 0 Å². The normalized spacial score (nSPS) is 16.1. The van der Waals surface area contributed by atoms with E-state index >= 15 is 0 Å². The Morgan fingerprint density at radius 2 is 1.85 bits per heavy atom. The van der Waals surface area contributed by atoms with Crippen LogP contribution in [0.5, 0.6) is 0 Å². The SMILES string of the molecule is CCS(=O)(=O)c1ccc(CC(=O)Nc2cc3c(s2)C(C(C)C)N(C(=O)OC(C)(C)C)C3)cc1. The second-order valence-corrected chi connectivity index (χ2v) is 12.9. The molecule has 9 heteroatoms. The molecule has 1 unspecified atom stereocenters. The van der Waals surface area contributed by atoms with Crippen molar-refractivity contribution in [3.63, 3.8) is 0 Å². The van der Waals surface area contributed by atoms with Crippen LogP contribution < -0.4 is 5.32 Å². The maximum atomic E-state index is 12.7. The molecule has 3 rings (SSSR count). The maximum absolute atomic E-state index is 12.7. The lowest BCUT2D eigenvalue weighted by atomic mass is 10.0. The number of hydrogen-bond acceptors (Lipinski definition) is 6. The summed E-state index contributed by atoms with van der Waals surface area (Å²) in [6.07, 6.45) is -0.184. The Bertz CT molecular complexity index is 1130. The first-order chi connectivity index (χ1) is 15.3. The molecule has 180 valence electrons. The first-order valence-electron chi connectivity index (χ1n) is 11.0. The monoisotopic (exact) mass is 492 g/mol. The number of nitrogens with one attached hydrogen (secondary N) is 1. The van der Waals surface area contributed by atoms with Crippen LogP contribution in [0.2, 0.25) is 0 Å². The molecule has 0 aliphatic carbocycles. The molecule has 1 N–H and O–H groups in total. The standard InChI is InChI=1S/C24H32N2O5S2/c1-7-33(29,30)18-10-8-16(9-11-18)12-19(27)25-20-13-17-14-26(23(28)31-24(4,5)6)21(15(2)3)22(17)32-20/h8-11,13,15,21H,7,12,14H2,1-6H3,(H,25,27). The predicted molar refractivity (Wildman–Crippen MR) is 130 cm³/mol. The zero-order chi connectivity index (χ0) is 24.6. The fraction of sp³-hybridized carbons (Fsp3) is 0.500. The van der Waals surface area contributed by atoms with E-state index in [1.807, 2.05) is 26.8 Å². The van der Waals surface area contributed by atoms with Crippen LogP contribution in [-0.4, -0.2) is 36.7 Å². The molecule has 2 heterocycles. The molecule has 1 atom stereocenters. The summed E-state index contributed by atoms with van der Waals surface area (Å²) < 4.78 is 29.5. The van der Waals surface area contributed by atoms with Gasteiger partial charge in [0.05, 0.1) is 34.7 Å². The highest BCUT2D eigenvalue weighted by Gasteiger charge is 2.39. The van der Waals surface area contributed by atoms with E-state index in [2.05, 4.69) is 19.2 Å². The van der Waals surface area contributed by atoms with Crippen LogP contribution in [0.15, 0.2) is 35.2 Å². The molecular weight excluding hydrogens is 460 g/mol. The lowest BCUT2D eigenvalue weighted by Gasteiger charge is -2.30. The minimum Gasteiger partial charge on any atom is -0.444 e. The Morgan fingerprint density at radius 1 is 1.21 bits per heavy atom. The Hall–Kier alpha value is -2.39. The van der Waals surface area contributed by atoms with Crippen molar-refractivity contribution in [3.8, 4) is 0 Å². The van der Waals surface area contributed by atoms with Gasteiger partial charge in [0.15, 0.2) is 9.84 Å². The van der Waals surface area contributed by atoms with Crippen molar-refractivity contribution < 1.29 is 22.7 Å². The fourth-order valence-electron chi connectivity index (χ4n) is 3.81. The molecule has 1 aromatic heterocycles. The van der Waals surface area contributed by atoms with Crippen LogP contribution >= 0.6 is 11.3 Å². The average Bonchev–Trinajstić information content (AvgIpc) is 3.23. The highest BCUT2D eigenvalue weighted by atomic mass is 32.2. The molecule has 0 radical (unpaired) electrons. The van der Waals surface area contributed by atoms with Gasteiger partial charge in [0.1, 0.15) is 5.60 Å². The second kappa shape index (κ2) is 9.46. The molecule has 1 aliphatic rings. The number of hydrogen-bond donors (Lipinski definition) is 1. The van der Waals surface area contributed by atoms with Crippen molar-refractivity contribution in [3.05, 3.63) is 46.3 Å². The zero-order valence-corrected chi connectivity index (χ0v) is 21.6. The molecular formula is C24H32N2O5S2. The summed E-state index contributed by atoms with van der Waals surface area (Å²) in [5.74, 6) is 0.0588. The topological polar surface area (TPSA) is 92.8 Å². The number of nitrogens with zero attached hydrogens (tertiary/aromatic N) is 1. The predicted octanol–water partition coefficient (Wildman–Crippen LogP) is 5.17. The van der Waals surface area contributed by atoms with Gasteiger partial charge >= 0.3 is 6.09 Å². The van der Waals surface area contributed by atoms with Crippen molar-refractivity contribution in [2.75, 3.05) is 11.1 Å². The van der Waals surface area contributed by atoms with Crippen LogP contribution in [0.3, 0.4) is 0 Å². The molecule has 1 aliphatic heterocycles. The Kier molecular flexibility index (Phi) is 7.24. The van der Waals surface area contributed by atoms with Gasteiger partial charge in [-0.25, -0.2) is 13.2 Å². The maximum Gasteiger partial charge on any atom is 0.411 e. The Balaban J connectivity index is 1.68. The molecule has 2 amide bonds. The number of ether oxygens (including phenoxy) is 1. The number of thiophene rings is 1. The van der Waals surface area contributed by atoms with Gasteiger partial charge in [-0.2, -0.15) is 0 Å². The number of rotatable bonds is 6. The number of benzene rings is 1. The zero-order valence-electron chi connectivity index (χ0n) is 20.0. The van der Waals surface area contributed by atoms with Gasteiger partial charge in [-0.15, -0.1) is 11.3 Å². The summed E-state index contributed by atoms with van der Waals surface area (Å²) in [6.45, 7) is 11.7. The quantitative estimate of drug-likeness (QED) is 0.600. The highest BCUT2D eigenvalue weighted by molar-refractivity contribution is 7.91. The molecule has 7 nitrogen and oxygen atoms in total. The van der Waals surface area contributed by atoms with E-state index in [0.29, 0.717) is 6.54 Å². The number of sulfone groups is 1. The van der Waals surface area contributed by atoms with Crippen molar-refractivity contribution in [2.24, 2.45) is 5.92 Å². The van der Waals surface area contributed by atoms with Crippen LogP contribution in [0.1, 0.15) is 63.6 Å². The van der Waals surface area contributed by atoms with Gasteiger partial charge < -0.3 is 10.1 Å². The summed E-state index contributed by atoms with van der Waals surface area (Å²) in [4.78, 5) is 28.4. The number of carbonyl (C=O) groups excluding carboxylic acids is 2. The Labute approximate surface area is 200 Å². The minimum absolute atomic E-state index is 0.0403. The molecule has 0 fully saturated rings. The number of amides is 2. The van der Waals surface area contributed by atoms with Gasteiger partial charge in [0.2, 0.25) is 5.91 Å². The van der Waals surface area contributed by atoms with E-state index in [0.717, 1.165) is 21.0 Å². The van der Waals surface area contributed by atoms with E-state index in [-0.39, 0.29) is 41.0 Å². The van der Waals surface area contributed by atoms with E-state index < -0.39 is 15.4 Å². The van der Waals surface area contributed by atoms with Gasteiger partial charge in [-0.3, -0.25) is 9.69 Å². The molecule has 2 aromatic rings. The number of fused-ring (bicyclic) bond motifs is 1. The molecule has 0 bridgehead atoms. The van der Waals surface area contributed by atoms with Gasteiger partial charge in [-0.05, 0) is 56.0 Å². The van der Waals surface area contributed by atoms with Gasteiger partial charge in [0, 0.05) is 4.88 Å². The molecule has 0 saturated carbocycles. The third kappa shape index (κ3) is 5.95. The van der Waals surface area contributed by atoms with Gasteiger partial charge in [-0.1, -0.05) is 32.9 Å². The summed E-state index contributed by atoms with van der Waals surface area (Å²) in [5, 5.41) is 3.68. The van der Waals surface area contributed by atoms with E-state index in [9.17, 15) is 18.0 Å². The van der Waals surface area contributed by atoms with E-state index in [1.54, 1.807) is 36.1 Å². The molecule has 0 spiro atoms. The van der Waals surface area contributed by atoms with Crippen molar-refractivity contribution in [1.82, 2.24) is 4.90 Å². The largest absolute Gasteiger partial charge is 0.444 e. The average molecular weight is 493 g/mol. The molecule has 1 aromatic carbocycles. The van der Waals surface area contributed by atoms with E-state index in [4.69, 9.17) is 4.74 Å². The van der Waals surface area contributed by atoms with E-state index in [1.165, 1.54) is 11.3 Å². The minimum atomic E-state index is -3.26. The number of carbonyl (C=O) groups is 2.